The van der Waals surface area contributed by atoms with Crippen molar-refractivity contribution in [1.82, 2.24) is 0 Å². The van der Waals surface area contributed by atoms with Crippen molar-refractivity contribution in [3.05, 3.63) is 23.8 Å². The standard InChI is InChI=1S/C22H36N2O4/c1-2-3-10-18-15-19(27-13-8-4-6-11-21(23)25)17-20(16-18)28-14-9-5-7-12-22(24)26/h15-17H,2-14H2,1H3,(H2,23,25)(H2,24,26). The molecular formula is C22H36N2O4. The van der Waals surface area contributed by atoms with Crippen molar-refractivity contribution < 1.29 is 19.1 Å². The summed E-state index contributed by atoms with van der Waals surface area (Å²) in [6.07, 6.45) is 9.38. The number of primary amides is 2. The molecule has 0 aliphatic carbocycles. The molecule has 28 heavy (non-hydrogen) atoms. The number of unbranched alkanes of at least 4 members (excludes halogenated alkanes) is 5. The van der Waals surface area contributed by atoms with Gasteiger partial charge in [-0.3, -0.25) is 9.59 Å². The lowest BCUT2D eigenvalue weighted by atomic mass is 10.1. The maximum Gasteiger partial charge on any atom is 0.217 e. The van der Waals surface area contributed by atoms with Crippen LogP contribution in [0.15, 0.2) is 18.2 Å². The highest BCUT2D eigenvalue weighted by Crippen LogP contribution is 2.25. The van der Waals surface area contributed by atoms with Crippen LogP contribution in [0.25, 0.3) is 0 Å². The molecule has 0 aromatic heterocycles. The first-order valence-electron chi connectivity index (χ1n) is 10.5. The van der Waals surface area contributed by atoms with Gasteiger partial charge in [-0.25, -0.2) is 0 Å². The Morgan fingerprint density at radius 3 is 1.68 bits per heavy atom. The van der Waals surface area contributed by atoms with Gasteiger partial charge in [-0.1, -0.05) is 13.3 Å². The molecule has 1 aromatic carbocycles. The smallest absolute Gasteiger partial charge is 0.217 e. The second-order valence-corrected chi connectivity index (χ2v) is 7.17. The van der Waals surface area contributed by atoms with Gasteiger partial charge in [-0.15, -0.1) is 0 Å². The molecule has 0 aliphatic rings. The van der Waals surface area contributed by atoms with E-state index in [9.17, 15) is 9.59 Å². The highest BCUT2D eigenvalue weighted by molar-refractivity contribution is 5.73. The van der Waals surface area contributed by atoms with Gasteiger partial charge in [0.25, 0.3) is 0 Å². The SMILES string of the molecule is CCCCc1cc(OCCCCCC(N)=O)cc(OCCCCCC(N)=O)c1. The van der Waals surface area contributed by atoms with E-state index in [-0.39, 0.29) is 11.8 Å². The minimum atomic E-state index is -0.249. The number of carbonyl (C=O) groups is 2. The van der Waals surface area contributed by atoms with Crippen LogP contribution in [-0.4, -0.2) is 25.0 Å². The Hall–Kier alpha value is -2.24. The van der Waals surface area contributed by atoms with Crippen LogP contribution in [0.1, 0.15) is 76.7 Å². The van der Waals surface area contributed by atoms with Crippen LogP contribution in [0, 0.1) is 0 Å². The van der Waals surface area contributed by atoms with Gasteiger partial charge in [0.1, 0.15) is 11.5 Å². The summed E-state index contributed by atoms with van der Waals surface area (Å²) >= 11 is 0. The second-order valence-electron chi connectivity index (χ2n) is 7.17. The number of ether oxygens (including phenoxy) is 2. The molecule has 1 aromatic rings. The van der Waals surface area contributed by atoms with E-state index in [1.165, 1.54) is 5.56 Å². The number of nitrogens with two attached hydrogens (primary N) is 2. The summed E-state index contributed by atoms with van der Waals surface area (Å²) in [6, 6.07) is 6.10. The van der Waals surface area contributed by atoms with Gasteiger partial charge in [-0.2, -0.15) is 0 Å². The first kappa shape index (κ1) is 23.8. The van der Waals surface area contributed by atoms with Crippen molar-refractivity contribution >= 4 is 11.8 Å². The molecule has 158 valence electrons. The molecule has 2 amide bonds. The lowest BCUT2D eigenvalue weighted by Gasteiger charge is -2.12. The van der Waals surface area contributed by atoms with Crippen molar-refractivity contribution in [3.63, 3.8) is 0 Å². The van der Waals surface area contributed by atoms with Gasteiger partial charge >= 0.3 is 0 Å². The van der Waals surface area contributed by atoms with E-state index in [1.54, 1.807) is 0 Å². The van der Waals surface area contributed by atoms with Crippen LogP contribution in [0.5, 0.6) is 11.5 Å². The van der Waals surface area contributed by atoms with Crippen molar-refractivity contribution in [2.75, 3.05) is 13.2 Å². The molecule has 0 heterocycles. The van der Waals surface area contributed by atoms with Gasteiger partial charge in [0, 0.05) is 18.9 Å². The third kappa shape index (κ3) is 12.2. The zero-order valence-corrected chi connectivity index (χ0v) is 17.2. The molecule has 1 rings (SSSR count). The number of amides is 2. The zero-order valence-electron chi connectivity index (χ0n) is 17.2. The molecule has 0 radical (unpaired) electrons. The van der Waals surface area contributed by atoms with E-state index >= 15 is 0 Å². The van der Waals surface area contributed by atoms with Gasteiger partial charge in [-0.05, 0) is 69.1 Å². The summed E-state index contributed by atoms with van der Waals surface area (Å²) in [5.41, 5.74) is 11.5. The van der Waals surface area contributed by atoms with E-state index in [0.29, 0.717) is 26.1 Å². The highest BCUT2D eigenvalue weighted by atomic mass is 16.5. The molecule has 6 nitrogen and oxygen atoms in total. The normalized spacial score (nSPS) is 10.6. The molecular weight excluding hydrogens is 356 g/mol. The Kier molecular flexibility index (Phi) is 12.6. The first-order valence-corrected chi connectivity index (χ1v) is 10.5. The summed E-state index contributed by atoms with van der Waals surface area (Å²) in [7, 11) is 0. The topological polar surface area (TPSA) is 105 Å². The third-order valence-corrected chi connectivity index (χ3v) is 4.43. The molecule has 0 unspecified atom stereocenters. The average Bonchev–Trinajstić information content (AvgIpc) is 2.65. The second kappa shape index (κ2) is 14.8. The molecule has 0 aliphatic heterocycles. The largest absolute Gasteiger partial charge is 0.493 e. The van der Waals surface area contributed by atoms with Crippen LogP contribution >= 0.6 is 0 Å². The number of carbonyl (C=O) groups excluding carboxylic acids is 2. The van der Waals surface area contributed by atoms with E-state index in [2.05, 4.69) is 19.1 Å². The summed E-state index contributed by atoms with van der Waals surface area (Å²) in [5, 5.41) is 0. The Bertz CT molecular complexity index is 546. The number of rotatable bonds is 17. The number of benzene rings is 1. The fourth-order valence-corrected chi connectivity index (χ4v) is 2.86. The minimum absolute atomic E-state index is 0.249. The van der Waals surface area contributed by atoms with E-state index in [1.807, 2.05) is 6.07 Å². The molecule has 0 saturated heterocycles. The number of hydrogen-bond acceptors (Lipinski definition) is 4. The van der Waals surface area contributed by atoms with Crippen molar-refractivity contribution in [2.24, 2.45) is 11.5 Å². The Balaban J connectivity index is 2.45. The molecule has 0 spiro atoms. The summed E-state index contributed by atoms with van der Waals surface area (Å²) in [5.74, 6) is 1.15. The Morgan fingerprint density at radius 2 is 1.25 bits per heavy atom. The van der Waals surface area contributed by atoms with Crippen molar-refractivity contribution in [3.8, 4) is 11.5 Å². The minimum Gasteiger partial charge on any atom is -0.493 e. The summed E-state index contributed by atoms with van der Waals surface area (Å²) in [6.45, 7) is 3.40. The van der Waals surface area contributed by atoms with Crippen LogP contribution in [0.2, 0.25) is 0 Å². The maximum absolute atomic E-state index is 10.7. The van der Waals surface area contributed by atoms with E-state index in [4.69, 9.17) is 20.9 Å². The fraction of sp³-hybridized carbons (Fsp3) is 0.636. The van der Waals surface area contributed by atoms with E-state index in [0.717, 1.165) is 69.3 Å². The average molecular weight is 393 g/mol. The van der Waals surface area contributed by atoms with Crippen LogP contribution in [0.4, 0.5) is 0 Å². The van der Waals surface area contributed by atoms with Crippen molar-refractivity contribution in [1.29, 1.82) is 0 Å². The quantitative estimate of drug-likeness (QED) is 0.393. The summed E-state index contributed by atoms with van der Waals surface area (Å²) in [4.78, 5) is 21.5. The van der Waals surface area contributed by atoms with Gasteiger partial charge in [0.05, 0.1) is 13.2 Å². The molecule has 4 N–H and O–H groups in total. The summed E-state index contributed by atoms with van der Waals surface area (Å²) < 4.78 is 11.8. The lowest BCUT2D eigenvalue weighted by Crippen LogP contribution is -2.10. The lowest BCUT2D eigenvalue weighted by molar-refractivity contribution is -0.119. The molecule has 0 fully saturated rings. The van der Waals surface area contributed by atoms with Gasteiger partial charge in [0.15, 0.2) is 0 Å². The van der Waals surface area contributed by atoms with Crippen molar-refractivity contribution in [2.45, 2.75) is 77.6 Å². The fourth-order valence-electron chi connectivity index (χ4n) is 2.86. The Morgan fingerprint density at radius 1 is 0.750 bits per heavy atom. The first-order chi connectivity index (χ1) is 13.5. The zero-order chi connectivity index (χ0) is 20.6. The highest BCUT2D eigenvalue weighted by Gasteiger charge is 2.05. The third-order valence-electron chi connectivity index (χ3n) is 4.43. The predicted octanol–water partition coefficient (Wildman–Crippen LogP) is 3.88. The van der Waals surface area contributed by atoms with Gasteiger partial charge in [0.2, 0.25) is 11.8 Å². The Labute approximate surface area is 169 Å². The molecule has 0 saturated carbocycles. The van der Waals surface area contributed by atoms with Crippen LogP contribution in [-0.2, 0) is 16.0 Å². The van der Waals surface area contributed by atoms with E-state index < -0.39 is 0 Å². The van der Waals surface area contributed by atoms with Gasteiger partial charge < -0.3 is 20.9 Å². The molecule has 0 atom stereocenters. The number of aryl methyl sites for hydroxylation is 1. The van der Waals surface area contributed by atoms with Crippen LogP contribution in [0.3, 0.4) is 0 Å². The maximum atomic E-state index is 10.7. The number of hydrogen-bond donors (Lipinski definition) is 2. The molecule has 6 heteroatoms. The predicted molar refractivity (Wildman–Crippen MR) is 111 cm³/mol. The monoisotopic (exact) mass is 392 g/mol. The molecule has 0 bridgehead atoms. The van der Waals surface area contributed by atoms with Crippen LogP contribution < -0.4 is 20.9 Å².